The number of pyridine rings is 1. The van der Waals surface area contributed by atoms with Crippen LogP contribution in [0.1, 0.15) is 12.5 Å². The average Bonchev–Trinajstić information content (AvgIpc) is 2.35. The molecule has 0 atom stereocenters. The Morgan fingerprint density at radius 2 is 2.12 bits per heavy atom. The van der Waals surface area contributed by atoms with E-state index in [2.05, 4.69) is 4.98 Å². The quantitative estimate of drug-likeness (QED) is 0.879. The number of fused-ring (bicyclic) bond motifs is 1. The van der Waals surface area contributed by atoms with Crippen molar-refractivity contribution in [2.75, 3.05) is 19.5 Å². The molecule has 1 heterocycles. The minimum Gasteiger partial charge on any atom is -0.497 e. The summed E-state index contributed by atoms with van der Waals surface area (Å²) >= 11 is 0. The van der Waals surface area contributed by atoms with Gasteiger partial charge in [-0.1, -0.05) is 0 Å². The number of aromatic nitrogens is 1. The molecule has 17 heavy (non-hydrogen) atoms. The summed E-state index contributed by atoms with van der Waals surface area (Å²) in [4.78, 5) is 4.35. The summed E-state index contributed by atoms with van der Waals surface area (Å²) < 4.78 is 10.5. The molecule has 0 aliphatic heterocycles. The van der Waals surface area contributed by atoms with Gasteiger partial charge < -0.3 is 15.2 Å². The van der Waals surface area contributed by atoms with Crippen molar-refractivity contribution < 1.29 is 9.47 Å². The summed E-state index contributed by atoms with van der Waals surface area (Å²) in [6.07, 6.45) is 0. The summed E-state index contributed by atoms with van der Waals surface area (Å²) in [7, 11) is 1.63. The maximum absolute atomic E-state index is 5.89. The van der Waals surface area contributed by atoms with Crippen molar-refractivity contribution in [3.63, 3.8) is 0 Å². The summed E-state index contributed by atoms with van der Waals surface area (Å²) in [6, 6.07) is 7.75. The number of nitrogens with two attached hydrogens (primary N) is 1. The fourth-order valence-electron chi connectivity index (χ4n) is 1.66. The molecule has 0 fully saturated rings. The molecule has 2 N–H and O–H groups in total. The van der Waals surface area contributed by atoms with Gasteiger partial charge in [0.1, 0.15) is 11.6 Å². The lowest BCUT2D eigenvalue weighted by Crippen LogP contribution is -2.01. The summed E-state index contributed by atoms with van der Waals surface area (Å²) in [5.74, 6) is 1.29. The number of ether oxygens (including phenoxy) is 2. The second-order valence-electron chi connectivity index (χ2n) is 3.73. The molecule has 0 saturated heterocycles. The highest BCUT2D eigenvalue weighted by Gasteiger charge is 2.05. The van der Waals surface area contributed by atoms with Crippen LogP contribution in [0.5, 0.6) is 5.75 Å². The lowest BCUT2D eigenvalue weighted by molar-refractivity contribution is 0.134. The van der Waals surface area contributed by atoms with Crippen LogP contribution in [-0.2, 0) is 11.3 Å². The Kier molecular flexibility index (Phi) is 3.44. The molecule has 0 spiro atoms. The minimum atomic E-state index is 0.497. The van der Waals surface area contributed by atoms with Gasteiger partial charge in [0.25, 0.3) is 0 Å². The van der Waals surface area contributed by atoms with Crippen molar-refractivity contribution in [1.82, 2.24) is 4.98 Å². The Bertz CT molecular complexity index is 526. The van der Waals surface area contributed by atoms with E-state index >= 15 is 0 Å². The first-order chi connectivity index (χ1) is 8.24. The Morgan fingerprint density at radius 1 is 1.29 bits per heavy atom. The third-order valence-electron chi connectivity index (χ3n) is 2.60. The van der Waals surface area contributed by atoms with Crippen molar-refractivity contribution in [1.29, 1.82) is 0 Å². The van der Waals surface area contributed by atoms with E-state index in [0.717, 1.165) is 22.2 Å². The van der Waals surface area contributed by atoms with Crippen LogP contribution in [0.2, 0.25) is 0 Å². The van der Waals surface area contributed by atoms with E-state index in [0.29, 0.717) is 19.0 Å². The van der Waals surface area contributed by atoms with Crippen molar-refractivity contribution in [2.24, 2.45) is 0 Å². The largest absolute Gasteiger partial charge is 0.497 e. The van der Waals surface area contributed by atoms with Crippen LogP contribution < -0.4 is 10.5 Å². The number of methoxy groups -OCH3 is 1. The Balaban J connectivity index is 2.43. The lowest BCUT2D eigenvalue weighted by Gasteiger charge is -2.08. The zero-order chi connectivity index (χ0) is 12.3. The fraction of sp³-hybridized carbons (Fsp3) is 0.308. The maximum atomic E-state index is 5.89. The molecule has 0 amide bonds. The molecule has 2 rings (SSSR count). The van der Waals surface area contributed by atoms with Gasteiger partial charge in [0.2, 0.25) is 0 Å². The molecule has 0 radical (unpaired) electrons. The fourth-order valence-corrected chi connectivity index (χ4v) is 1.66. The smallest absolute Gasteiger partial charge is 0.129 e. The van der Waals surface area contributed by atoms with Crippen molar-refractivity contribution in [3.05, 3.63) is 29.8 Å². The van der Waals surface area contributed by atoms with E-state index in [1.807, 2.05) is 31.2 Å². The Hall–Kier alpha value is -1.81. The van der Waals surface area contributed by atoms with Crippen LogP contribution in [0, 0.1) is 0 Å². The van der Waals surface area contributed by atoms with Gasteiger partial charge in [0.05, 0.1) is 19.2 Å². The monoisotopic (exact) mass is 232 g/mol. The van der Waals surface area contributed by atoms with Gasteiger partial charge in [0.15, 0.2) is 0 Å². The van der Waals surface area contributed by atoms with Crippen molar-refractivity contribution in [2.45, 2.75) is 13.5 Å². The van der Waals surface area contributed by atoms with Crippen LogP contribution in [-0.4, -0.2) is 18.7 Å². The number of hydrogen-bond donors (Lipinski definition) is 1. The zero-order valence-corrected chi connectivity index (χ0v) is 10.1. The van der Waals surface area contributed by atoms with Crippen LogP contribution >= 0.6 is 0 Å². The number of anilines is 1. The SMILES string of the molecule is CCOCc1cc2ccc(OC)cc2nc1N. The van der Waals surface area contributed by atoms with Gasteiger partial charge in [-0.15, -0.1) is 0 Å². The molecule has 0 unspecified atom stereocenters. The second-order valence-corrected chi connectivity index (χ2v) is 3.73. The van der Waals surface area contributed by atoms with Gasteiger partial charge in [-0.25, -0.2) is 4.98 Å². The van der Waals surface area contributed by atoms with Crippen molar-refractivity contribution >= 4 is 16.7 Å². The minimum absolute atomic E-state index is 0.497. The van der Waals surface area contributed by atoms with Gasteiger partial charge >= 0.3 is 0 Å². The van der Waals surface area contributed by atoms with Gasteiger partial charge in [-0.3, -0.25) is 0 Å². The van der Waals surface area contributed by atoms with E-state index in [-0.39, 0.29) is 0 Å². The van der Waals surface area contributed by atoms with Gasteiger partial charge in [0, 0.05) is 23.6 Å². The molecule has 0 saturated carbocycles. The van der Waals surface area contributed by atoms with Crippen LogP contribution in [0.25, 0.3) is 10.9 Å². The molecule has 2 aromatic rings. The standard InChI is InChI=1S/C13H16N2O2/c1-3-17-8-10-6-9-4-5-11(16-2)7-12(9)15-13(10)14/h4-7H,3,8H2,1-2H3,(H2,14,15). The molecule has 90 valence electrons. The summed E-state index contributed by atoms with van der Waals surface area (Å²) in [5.41, 5.74) is 7.64. The van der Waals surface area contributed by atoms with Crippen molar-refractivity contribution in [3.8, 4) is 5.75 Å². The summed E-state index contributed by atoms with van der Waals surface area (Å²) in [6.45, 7) is 3.12. The number of nitrogens with zero attached hydrogens (tertiary/aromatic N) is 1. The zero-order valence-electron chi connectivity index (χ0n) is 10.1. The van der Waals surface area contributed by atoms with E-state index in [9.17, 15) is 0 Å². The highest BCUT2D eigenvalue weighted by molar-refractivity contribution is 5.82. The lowest BCUT2D eigenvalue weighted by atomic mass is 10.1. The second kappa shape index (κ2) is 5.01. The first kappa shape index (κ1) is 11.7. The normalized spacial score (nSPS) is 10.7. The predicted octanol–water partition coefficient (Wildman–Crippen LogP) is 2.36. The van der Waals surface area contributed by atoms with E-state index in [1.165, 1.54) is 0 Å². The first-order valence-electron chi connectivity index (χ1n) is 5.55. The third-order valence-corrected chi connectivity index (χ3v) is 2.60. The van der Waals surface area contributed by atoms with Crippen LogP contribution in [0.15, 0.2) is 24.3 Å². The topological polar surface area (TPSA) is 57.4 Å². The predicted molar refractivity (Wildman–Crippen MR) is 68.0 cm³/mol. The highest BCUT2D eigenvalue weighted by Crippen LogP contribution is 2.23. The first-order valence-corrected chi connectivity index (χ1v) is 5.55. The van der Waals surface area contributed by atoms with E-state index in [1.54, 1.807) is 7.11 Å². The molecule has 4 heteroatoms. The molecule has 0 aliphatic rings. The van der Waals surface area contributed by atoms with Gasteiger partial charge in [-0.05, 0) is 25.1 Å². The van der Waals surface area contributed by atoms with E-state index < -0.39 is 0 Å². The van der Waals surface area contributed by atoms with Gasteiger partial charge in [-0.2, -0.15) is 0 Å². The Labute approximate surface area is 100 Å². The molecular weight excluding hydrogens is 216 g/mol. The number of benzene rings is 1. The number of hydrogen-bond acceptors (Lipinski definition) is 4. The molecule has 1 aromatic heterocycles. The van der Waals surface area contributed by atoms with Crippen LogP contribution in [0.4, 0.5) is 5.82 Å². The average molecular weight is 232 g/mol. The highest BCUT2D eigenvalue weighted by atomic mass is 16.5. The summed E-state index contributed by atoms with van der Waals surface area (Å²) in [5, 5.41) is 1.04. The number of rotatable bonds is 4. The molecule has 0 bridgehead atoms. The number of nitrogen functional groups attached to an aromatic ring is 1. The molecule has 0 aliphatic carbocycles. The third kappa shape index (κ3) is 2.47. The molecule has 4 nitrogen and oxygen atoms in total. The Morgan fingerprint density at radius 3 is 2.82 bits per heavy atom. The van der Waals surface area contributed by atoms with E-state index in [4.69, 9.17) is 15.2 Å². The maximum Gasteiger partial charge on any atom is 0.129 e. The molecule has 1 aromatic carbocycles. The molecular formula is C13H16N2O2. The van der Waals surface area contributed by atoms with Crippen LogP contribution in [0.3, 0.4) is 0 Å².